The number of hydrogen-bond acceptors (Lipinski definition) is 2. The van der Waals surface area contributed by atoms with E-state index in [1.807, 2.05) is 60.7 Å². The molecule has 0 fully saturated rings. The van der Waals surface area contributed by atoms with Gasteiger partial charge in [0, 0.05) is 35.7 Å². The minimum absolute atomic E-state index is 0.129. The van der Waals surface area contributed by atoms with Gasteiger partial charge in [0.25, 0.3) is 0 Å². The summed E-state index contributed by atoms with van der Waals surface area (Å²) < 4.78 is 52.5. The van der Waals surface area contributed by atoms with Crippen molar-refractivity contribution in [1.29, 1.82) is 0 Å². The van der Waals surface area contributed by atoms with Crippen molar-refractivity contribution in [2.45, 2.75) is 38.4 Å². The van der Waals surface area contributed by atoms with Gasteiger partial charge in [-0.25, -0.2) is 9.97 Å². The van der Waals surface area contributed by atoms with Gasteiger partial charge < -0.3 is 0 Å². The highest BCUT2D eigenvalue weighted by molar-refractivity contribution is 6.05. The van der Waals surface area contributed by atoms with Crippen molar-refractivity contribution in [1.82, 2.24) is 9.97 Å². The normalized spacial score (nSPS) is 16.7. The number of fused-ring (bicyclic) bond motifs is 7. The second kappa shape index (κ2) is 11.2. The summed E-state index contributed by atoms with van der Waals surface area (Å²) in [5.41, 5.74) is 10.5. The maximum Gasteiger partial charge on any atom is 0.160 e. The van der Waals surface area contributed by atoms with Crippen LogP contribution in [-0.4, -0.2) is 9.97 Å². The average molecular weight is 673 g/mol. The molecule has 1 aromatic heterocycles. The molecule has 0 N–H and O–H groups in total. The van der Waals surface area contributed by atoms with E-state index >= 15 is 0 Å². The van der Waals surface area contributed by atoms with Gasteiger partial charge in [0.15, 0.2) is 5.82 Å². The van der Waals surface area contributed by atoms with E-state index in [-0.39, 0.29) is 11.0 Å². The molecule has 0 bridgehead atoms. The minimum Gasteiger partial charge on any atom is -0.228 e. The fourth-order valence-electron chi connectivity index (χ4n) is 8.53. The molecule has 2 aliphatic rings. The monoisotopic (exact) mass is 672 g/mol. The van der Waals surface area contributed by atoms with Crippen LogP contribution in [0.15, 0.2) is 158 Å². The molecule has 0 spiro atoms. The summed E-state index contributed by atoms with van der Waals surface area (Å²) in [5.74, 6) is 0.503. The van der Waals surface area contributed by atoms with E-state index < -0.39 is 19.1 Å². The topological polar surface area (TPSA) is 25.8 Å². The maximum absolute atomic E-state index is 8.75. The molecule has 2 nitrogen and oxygen atoms in total. The zero-order chi connectivity index (χ0) is 40.2. The zero-order valence-corrected chi connectivity index (χ0v) is 28.9. The lowest BCUT2D eigenvalue weighted by Crippen LogP contribution is -2.14. The fraction of sp³-hybridized carbons (Fsp3) is 0.120. The SMILES string of the molecule is [2H]C([2H])([2H])C1(C([2H])([2H])[2H])c2ccccc2-c2ccc(-c3cc(-c4ccc(-c5ccc6c(c5)C(C)(C)c5ccccc5-6)c5ccccc45)nc(-c4ccccc4)n3)cc21. The largest absolute Gasteiger partial charge is 0.228 e. The molecule has 52 heavy (non-hydrogen) atoms. The third-order valence-corrected chi connectivity index (χ3v) is 11.2. The Labute approximate surface area is 314 Å². The molecule has 0 amide bonds. The van der Waals surface area contributed by atoms with E-state index in [1.165, 1.54) is 22.3 Å². The van der Waals surface area contributed by atoms with Crippen LogP contribution < -0.4 is 0 Å². The lowest BCUT2D eigenvalue weighted by Gasteiger charge is -2.22. The van der Waals surface area contributed by atoms with Crippen molar-refractivity contribution in [3.05, 3.63) is 180 Å². The standard InChI is InChI=1S/C50H38N2/c1-49(2)42-20-12-10-18-37(42)39-24-22-32(28-44(39)49)34-26-27-41(36-17-9-8-16-35(34)36)47-30-46(51-48(52-47)31-14-6-5-7-15-31)33-23-25-40-38-19-11-13-21-43(38)50(3,4)45(40)29-33/h5-30H,1-4H3/i3D3,4D3. The number of nitrogens with zero attached hydrogens (tertiary/aromatic N) is 2. The summed E-state index contributed by atoms with van der Waals surface area (Å²) in [5, 5.41) is 2.12. The van der Waals surface area contributed by atoms with E-state index in [2.05, 4.69) is 86.6 Å². The first-order chi connectivity index (χ1) is 27.8. The molecule has 248 valence electrons. The van der Waals surface area contributed by atoms with Gasteiger partial charge in [-0.1, -0.05) is 167 Å². The average Bonchev–Trinajstić information content (AvgIpc) is 3.66. The van der Waals surface area contributed by atoms with Gasteiger partial charge in [0.1, 0.15) is 0 Å². The molecule has 0 saturated carbocycles. The Kier molecular flexibility index (Phi) is 5.37. The number of rotatable bonds is 4. The quantitative estimate of drug-likeness (QED) is 0.186. The maximum atomic E-state index is 8.75. The smallest absolute Gasteiger partial charge is 0.160 e. The number of hydrogen-bond donors (Lipinski definition) is 0. The van der Waals surface area contributed by atoms with Crippen molar-refractivity contribution in [3.63, 3.8) is 0 Å². The third-order valence-electron chi connectivity index (χ3n) is 11.2. The van der Waals surface area contributed by atoms with Crippen LogP contribution in [0, 0.1) is 0 Å². The number of benzene rings is 7. The van der Waals surface area contributed by atoms with Crippen molar-refractivity contribution in [2.75, 3.05) is 0 Å². The Bertz CT molecular complexity index is 2950. The van der Waals surface area contributed by atoms with Crippen LogP contribution >= 0.6 is 0 Å². The summed E-state index contributed by atoms with van der Waals surface area (Å²) in [6.07, 6.45) is 0. The van der Waals surface area contributed by atoms with Gasteiger partial charge in [-0.3, -0.25) is 0 Å². The molecule has 0 unspecified atom stereocenters. The van der Waals surface area contributed by atoms with E-state index in [0.29, 0.717) is 39.5 Å². The molecule has 10 rings (SSSR count). The highest BCUT2D eigenvalue weighted by Gasteiger charge is 2.36. The summed E-state index contributed by atoms with van der Waals surface area (Å²) >= 11 is 0. The predicted molar refractivity (Wildman–Crippen MR) is 216 cm³/mol. The van der Waals surface area contributed by atoms with Gasteiger partial charge in [-0.2, -0.15) is 0 Å². The molecule has 2 aliphatic carbocycles. The molecule has 8 aromatic rings. The fourth-order valence-corrected chi connectivity index (χ4v) is 8.53. The second-order valence-electron chi connectivity index (χ2n) is 14.5. The van der Waals surface area contributed by atoms with Crippen molar-refractivity contribution >= 4 is 10.8 Å². The van der Waals surface area contributed by atoms with Gasteiger partial charge >= 0.3 is 0 Å². The third kappa shape index (κ3) is 4.50. The lowest BCUT2D eigenvalue weighted by atomic mass is 9.81. The second-order valence-corrected chi connectivity index (χ2v) is 14.5. The first-order valence-corrected chi connectivity index (χ1v) is 17.8. The van der Waals surface area contributed by atoms with E-state index in [9.17, 15) is 0 Å². The molecule has 0 radical (unpaired) electrons. The van der Waals surface area contributed by atoms with Gasteiger partial charge in [-0.15, -0.1) is 0 Å². The molecule has 2 heteroatoms. The summed E-state index contributed by atoms with van der Waals surface area (Å²) in [7, 11) is 0. The molecule has 0 atom stereocenters. The van der Waals surface area contributed by atoms with Crippen LogP contribution in [0.4, 0.5) is 0 Å². The molecule has 7 aromatic carbocycles. The molecule has 1 heterocycles. The van der Waals surface area contributed by atoms with Crippen LogP contribution in [0.25, 0.3) is 78.1 Å². The summed E-state index contributed by atoms with van der Waals surface area (Å²) in [4.78, 5) is 10.2. The van der Waals surface area contributed by atoms with Crippen molar-refractivity contribution < 1.29 is 8.22 Å². The van der Waals surface area contributed by atoms with E-state index in [0.717, 1.165) is 33.0 Å². The summed E-state index contributed by atoms with van der Waals surface area (Å²) in [6.45, 7) is -1.15. The van der Waals surface area contributed by atoms with Crippen LogP contribution in [0.1, 0.15) is 58.0 Å². The van der Waals surface area contributed by atoms with Crippen molar-refractivity contribution in [2.24, 2.45) is 0 Å². The Hall–Kier alpha value is -6.12. The molecular formula is C50H38N2. The van der Waals surface area contributed by atoms with Crippen LogP contribution in [0.3, 0.4) is 0 Å². The van der Waals surface area contributed by atoms with Crippen LogP contribution in [0.2, 0.25) is 0 Å². The van der Waals surface area contributed by atoms with Gasteiger partial charge in [0.05, 0.1) is 11.4 Å². The first kappa shape index (κ1) is 24.9. The molecule has 0 saturated heterocycles. The Morgan fingerprint density at radius 3 is 1.60 bits per heavy atom. The lowest BCUT2D eigenvalue weighted by molar-refractivity contribution is 0.660. The molecular weight excluding hydrogens is 629 g/mol. The number of aromatic nitrogens is 2. The van der Waals surface area contributed by atoms with E-state index in [4.69, 9.17) is 18.2 Å². The Morgan fingerprint density at radius 1 is 0.385 bits per heavy atom. The minimum atomic E-state index is -2.87. The highest BCUT2D eigenvalue weighted by Crippen LogP contribution is 2.51. The highest BCUT2D eigenvalue weighted by atomic mass is 14.9. The first-order valence-electron chi connectivity index (χ1n) is 20.8. The van der Waals surface area contributed by atoms with E-state index in [1.54, 1.807) is 24.3 Å². The zero-order valence-electron chi connectivity index (χ0n) is 34.9. The van der Waals surface area contributed by atoms with Gasteiger partial charge in [-0.05, 0) is 84.6 Å². The Morgan fingerprint density at radius 2 is 0.885 bits per heavy atom. The Balaban J connectivity index is 1.16. The predicted octanol–water partition coefficient (Wildman–Crippen LogP) is 12.9. The van der Waals surface area contributed by atoms with Gasteiger partial charge in [0.2, 0.25) is 0 Å². The van der Waals surface area contributed by atoms with Crippen LogP contribution in [-0.2, 0) is 10.8 Å². The van der Waals surface area contributed by atoms with Crippen LogP contribution in [0.5, 0.6) is 0 Å². The van der Waals surface area contributed by atoms with Crippen molar-refractivity contribution in [3.8, 4) is 67.3 Å². The molecule has 0 aliphatic heterocycles. The summed E-state index contributed by atoms with van der Waals surface area (Å²) in [6, 6.07) is 52.3.